The van der Waals surface area contributed by atoms with Gasteiger partial charge in [0.2, 0.25) is 0 Å². The smallest absolute Gasteiger partial charge is 0.317 e. The molecule has 1 aromatic carbocycles. The van der Waals surface area contributed by atoms with Crippen LogP contribution < -0.4 is 4.74 Å². The van der Waals surface area contributed by atoms with Gasteiger partial charge in [-0.2, -0.15) is 0 Å². The number of carbonyl (C=O) groups is 2. The molecule has 4 heteroatoms. The number of Topliss-reactive ketones (excluding diaryl/α,β-unsaturated/α-hetero) is 1. The Bertz CT molecular complexity index is 515. The SMILES string of the molecule is CCOc1ccc(C(=O)C2(C(=O)O)CCC2)cc1C. The maximum absolute atomic E-state index is 12.4. The molecule has 102 valence electrons. The van der Waals surface area contributed by atoms with E-state index in [9.17, 15) is 14.7 Å². The van der Waals surface area contributed by atoms with Crippen LogP contribution in [-0.4, -0.2) is 23.5 Å². The quantitative estimate of drug-likeness (QED) is 0.654. The average Bonchev–Trinajstić information content (AvgIpc) is 2.29. The number of ketones is 1. The van der Waals surface area contributed by atoms with E-state index < -0.39 is 11.4 Å². The van der Waals surface area contributed by atoms with Crippen LogP contribution in [-0.2, 0) is 4.79 Å². The second-order valence-corrected chi connectivity index (χ2v) is 4.98. The normalized spacial score (nSPS) is 16.5. The highest BCUT2D eigenvalue weighted by molar-refractivity contribution is 6.12. The molecule has 1 aliphatic rings. The van der Waals surface area contributed by atoms with E-state index in [4.69, 9.17) is 4.74 Å². The van der Waals surface area contributed by atoms with Gasteiger partial charge in [-0.25, -0.2) is 0 Å². The molecule has 1 saturated carbocycles. The molecule has 0 atom stereocenters. The molecule has 0 bridgehead atoms. The number of hydrogen-bond donors (Lipinski definition) is 1. The van der Waals surface area contributed by atoms with Gasteiger partial charge in [-0.05, 0) is 50.5 Å². The van der Waals surface area contributed by atoms with Gasteiger partial charge in [0, 0.05) is 5.56 Å². The van der Waals surface area contributed by atoms with Crippen molar-refractivity contribution in [3.05, 3.63) is 29.3 Å². The van der Waals surface area contributed by atoms with E-state index in [1.165, 1.54) is 0 Å². The standard InChI is InChI=1S/C15H18O4/c1-3-19-12-6-5-11(9-10(12)2)13(16)15(14(17)18)7-4-8-15/h5-6,9H,3-4,7-8H2,1-2H3,(H,17,18). The fraction of sp³-hybridized carbons (Fsp3) is 0.467. The number of hydrogen-bond acceptors (Lipinski definition) is 3. The van der Waals surface area contributed by atoms with E-state index in [0.29, 0.717) is 25.0 Å². The van der Waals surface area contributed by atoms with Gasteiger partial charge in [-0.3, -0.25) is 9.59 Å². The van der Waals surface area contributed by atoms with Crippen molar-refractivity contribution in [1.29, 1.82) is 0 Å². The van der Waals surface area contributed by atoms with Crippen LogP contribution in [0.15, 0.2) is 18.2 Å². The molecule has 0 aromatic heterocycles. The number of aryl methyl sites for hydroxylation is 1. The van der Waals surface area contributed by atoms with E-state index >= 15 is 0 Å². The van der Waals surface area contributed by atoms with Crippen molar-refractivity contribution in [3.8, 4) is 5.75 Å². The summed E-state index contributed by atoms with van der Waals surface area (Å²) in [6.07, 6.45) is 1.68. The highest BCUT2D eigenvalue weighted by Crippen LogP contribution is 2.44. The lowest BCUT2D eigenvalue weighted by atomic mass is 9.64. The van der Waals surface area contributed by atoms with Gasteiger partial charge >= 0.3 is 5.97 Å². The molecule has 0 aliphatic heterocycles. The molecule has 1 aromatic rings. The van der Waals surface area contributed by atoms with Crippen LogP contribution in [0.25, 0.3) is 0 Å². The molecule has 0 spiro atoms. The number of benzene rings is 1. The van der Waals surface area contributed by atoms with Crippen molar-refractivity contribution in [2.24, 2.45) is 5.41 Å². The Labute approximate surface area is 112 Å². The van der Waals surface area contributed by atoms with Crippen molar-refractivity contribution in [2.45, 2.75) is 33.1 Å². The summed E-state index contributed by atoms with van der Waals surface area (Å²) >= 11 is 0. The Morgan fingerprint density at radius 2 is 2.05 bits per heavy atom. The predicted molar refractivity (Wildman–Crippen MR) is 70.6 cm³/mol. The molecule has 0 heterocycles. The van der Waals surface area contributed by atoms with Crippen LogP contribution in [0, 0.1) is 12.3 Å². The summed E-state index contributed by atoms with van der Waals surface area (Å²) in [5, 5.41) is 9.28. The Balaban J connectivity index is 2.29. The van der Waals surface area contributed by atoms with Crippen LogP contribution in [0.3, 0.4) is 0 Å². The Hall–Kier alpha value is -1.84. The Morgan fingerprint density at radius 1 is 1.37 bits per heavy atom. The summed E-state index contributed by atoms with van der Waals surface area (Å²) in [4.78, 5) is 23.7. The van der Waals surface area contributed by atoms with E-state index in [1.54, 1.807) is 18.2 Å². The molecule has 4 nitrogen and oxygen atoms in total. The van der Waals surface area contributed by atoms with Gasteiger partial charge in [0.25, 0.3) is 0 Å². The van der Waals surface area contributed by atoms with Crippen molar-refractivity contribution in [2.75, 3.05) is 6.61 Å². The minimum Gasteiger partial charge on any atom is -0.494 e. The van der Waals surface area contributed by atoms with Crippen molar-refractivity contribution in [3.63, 3.8) is 0 Å². The lowest BCUT2D eigenvalue weighted by Gasteiger charge is -2.36. The number of carbonyl (C=O) groups excluding carboxylic acids is 1. The average molecular weight is 262 g/mol. The van der Waals surface area contributed by atoms with Crippen molar-refractivity contribution in [1.82, 2.24) is 0 Å². The van der Waals surface area contributed by atoms with Crippen LogP contribution in [0.1, 0.15) is 42.1 Å². The first-order valence-corrected chi connectivity index (χ1v) is 6.53. The molecule has 0 unspecified atom stereocenters. The first-order valence-electron chi connectivity index (χ1n) is 6.53. The Morgan fingerprint density at radius 3 is 2.47 bits per heavy atom. The summed E-state index contributed by atoms with van der Waals surface area (Å²) in [6.45, 7) is 4.31. The minimum atomic E-state index is -1.19. The van der Waals surface area contributed by atoms with E-state index in [2.05, 4.69) is 0 Å². The first kappa shape index (κ1) is 13.6. The summed E-state index contributed by atoms with van der Waals surface area (Å²) in [7, 11) is 0. The molecule has 1 fully saturated rings. The summed E-state index contributed by atoms with van der Waals surface area (Å²) in [6, 6.07) is 5.11. The van der Waals surface area contributed by atoms with E-state index in [1.807, 2.05) is 13.8 Å². The zero-order valence-corrected chi connectivity index (χ0v) is 11.2. The van der Waals surface area contributed by atoms with Crippen LogP contribution >= 0.6 is 0 Å². The fourth-order valence-electron chi connectivity index (χ4n) is 2.45. The Kier molecular flexibility index (Phi) is 3.60. The second-order valence-electron chi connectivity index (χ2n) is 4.98. The molecule has 2 rings (SSSR count). The number of ether oxygens (including phenoxy) is 1. The molecular weight excluding hydrogens is 244 g/mol. The maximum Gasteiger partial charge on any atom is 0.317 e. The van der Waals surface area contributed by atoms with Crippen LogP contribution in [0.4, 0.5) is 0 Å². The molecule has 1 aliphatic carbocycles. The van der Waals surface area contributed by atoms with Crippen molar-refractivity contribution < 1.29 is 19.4 Å². The third-order valence-corrected chi connectivity index (χ3v) is 3.79. The minimum absolute atomic E-state index is 0.280. The van der Waals surface area contributed by atoms with Gasteiger partial charge in [0.15, 0.2) is 5.78 Å². The zero-order valence-electron chi connectivity index (χ0n) is 11.2. The largest absolute Gasteiger partial charge is 0.494 e. The molecular formula is C15H18O4. The summed E-state index contributed by atoms with van der Waals surface area (Å²) < 4.78 is 5.42. The summed E-state index contributed by atoms with van der Waals surface area (Å²) in [5.74, 6) is -0.551. The van der Waals surface area contributed by atoms with Gasteiger partial charge in [0.1, 0.15) is 11.2 Å². The predicted octanol–water partition coefficient (Wildman–Crippen LogP) is 2.83. The first-order chi connectivity index (χ1) is 9.01. The fourth-order valence-corrected chi connectivity index (χ4v) is 2.45. The highest BCUT2D eigenvalue weighted by atomic mass is 16.5. The van der Waals surface area contributed by atoms with E-state index in [0.717, 1.165) is 17.7 Å². The number of carboxylic acids is 1. The van der Waals surface area contributed by atoms with Gasteiger partial charge in [-0.15, -0.1) is 0 Å². The van der Waals surface area contributed by atoms with Gasteiger partial charge in [0.05, 0.1) is 6.61 Å². The van der Waals surface area contributed by atoms with Gasteiger partial charge < -0.3 is 9.84 Å². The molecule has 0 amide bonds. The molecule has 1 N–H and O–H groups in total. The zero-order chi connectivity index (χ0) is 14.0. The van der Waals surface area contributed by atoms with Gasteiger partial charge in [-0.1, -0.05) is 6.42 Å². The van der Waals surface area contributed by atoms with Crippen LogP contribution in [0.5, 0.6) is 5.75 Å². The molecule has 0 saturated heterocycles. The summed E-state index contributed by atoms with van der Waals surface area (Å²) in [5.41, 5.74) is 0.121. The number of rotatable bonds is 5. The lowest BCUT2D eigenvalue weighted by Crippen LogP contribution is -2.45. The third-order valence-electron chi connectivity index (χ3n) is 3.79. The monoisotopic (exact) mass is 262 g/mol. The highest BCUT2D eigenvalue weighted by Gasteiger charge is 2.51. The van der Waals surface area contributed by atoms with Crippen LogP contribution in [0.2, 0.25) is 0 Å². The van der Waals surface area contributed by atoms with Crippen molar-refractivity contribution >= 4 is 11.8 Å². The lowest BCUT2D eigenvalue weighted by molar-refractivity contribution is -0.150. The molecule has 0 radical (unpaired) electrons. The van der Waals surface area contributed by atoms with E-state index in [-0.39, 0.29) is 5.78 Å². The third kappa shape index (κ3) is 2.23. The topological polar surface area (TPSA) is 63.6 Å². The number of aliphatic carboxylic acids is 1. The number of carboxylic acid groups (broad SMARTS) is 1. The maximum atomic E-state index is 12.4. The molecule has 19 heavy (non-hydrogen) atoms. The second kappa shape index (κ2) is 5.03.